The van der Waals surface area contributed by atoms with Crippen molar-refractivity contribution in [1.29, 1.82) is 0 Å². The minimum absolute atomic E-state index is 0.296. The van der Waals surface area contributed by atoms with Crippen molar-refractivity contribution < 1.29 is 14.6 Å². The van der Waals surface area contributed by atoms with Gasteiger partial charge in [-0.15, -0.1) is 0 Å². The molecule has 1 heterocycles. The summed E-state index contributed by atoms with van der Waals surface area (Å²) >= 11 is 0. The van der Waals surface area contributed by atoms with Gasteiger partial charge in [0.25, 0.3) is 0 Å². The highest BCUT2D eigenvalue weighted by Gasteiger charge is 2.27. The van der Waals surface area contributed by atoms with E-state index in [1.54, 1.807) is 6.92 Å². The van der Waals surface area contributed by atoms with Gasteiger partial charge < -0.3 is 14.6 Å². The summed E-state index contributed by atoms with van der Waals surface area (Å²) in [5, 5.41) is 10.1. The molecule has 4 nitrogen and oxygen atoms in total. The predicted octanol–water partition coefficient (Wildman–Crippen LogP) is 1.98. The first-order valence-electron chi connectivity index (χ1n) is 8.02. The van der Waals surface area contributed by atoms with Crippen LogP contribution in [0.4, 0.5) is 0 Å². The minimum Gasteiger partial charge on any atom is -0.472 e. The first-order chi connectivity index (χ1) is 10.2. The Hall–Kier alpha value is -1.10. The van der Waals surface area contributed by atoms with E-state index in [1.165, 1.54) is 30.4 Å². The molecule has 1 saturated heterocycles. The summed E-state index contributed by atoms with van der Waals surface area (Å²) in [5.74, 6) is 0.869. The first-order valence-corrected chi connectivity index (χ1v) is 8.02. The second kappa shape index (κ2) is 6.77. The molecule has 1 N–H and O–H groups in total. The molecule has 2 unspecified atom stereocenters. The highest BCUT2D eigenvalue weighted by molar-refractivity contribution is 5.37. The number of aryl methyl sites for hydroxylation is 2. The second-order valence-electron chi connectivity index (χ2n) is 6.03. The number of morpholine rings is 1. The van der Waals surface area contributed by atoms with Crippen LogP contribution in [0.25, 0.3) is 0 Å². The van der Waals surface area contributed by atoms with Crippen molar-refractivity contribution in [3.05, 3.63) is 29.3 Å². The van der Waals surface area contributed by atoms with E-state index in [2.05, 4.69) is 17.0 Å². The number of aliphatic hydroxyl groups is 1. The summed E-state index contributed by atoms with van der Waals surface area (Å²) in [5.41, 5.74) is 2.86. The number of aliphatic hydroxyl groups excluding tert-OH is 1. The predicted molar refractivity (Wildman–Crippen MR) is 81.6 cm³/mol. The second-order valence-corrected chi connectivity index (χ2v) is 6.03. The molecule has 1 aromatic carbocycles. The quantitative estimate of drug-likeness (QED) is 0.921. The molecule has 1 aliphatic carbocycles. The maximum atomic E-state index is 10.1. The Kier molecular flexibility index (Phi) is 4.78. The van der Waals surface area contributed by atoms with Gasteiger partial charge in [0.1, 0.15) is 11.9 Å². The van der Waals surface area contributed by atoms with Crippen molar-refractivity contribution in [3.63, 3.8) is 0 Å². The number of nitrogens with zero attached hydrogens (tertiary/aromatic N) is 1. The van der Waals surface area contributed by atoms with Crippen LogP contribution in [0.1, 0.15) is 30.9 Å². The van der Waals surface area contributed by atoms with Gasteiger partial charge in [-0.05, 0) is 55.9 Å². The molecule has 21 heavy (non-hydrogen) atoms. The lowest BCUT2D eigenvalue weighted by atomic mass is 9.92. The van der Waals surface area contributed by atoms with Crippen LogP contribution in [0.2, 0.25) is 0 Å². The van der Waals surface area contributed by atoms with Crippen LogP contribution in [0.3, 0.4) is 0 Å². The van der Waals surface area contributed by atoms with Crippen molar-refractivity contribution in [3.8, 4) is 5.75 Å². The summed E-state index contributed by atoms with van der Waals surface area (Å²) in [6.45, 7) is 4.81. The Labute approximate surface area is 126 Å². The highest BCUT2D eigenvalue weighted by atomic mass is 16.5. The number of benzene rings is 1. The topological polar surface area (TPSA) is 41.9 Å². The Bertz CT molecular complexity index is 469. The molecule has 4 heteroatoms. The fourth-order valence-corrected chi connectivity index (χ4v) is 3.23. The molecule has 116 valence electrons. The maximum Gasteiger partial charge on any atom is 0.178 e. The van der Waals surface area contributed by atoms with Crippen LogP contribution in [-0.4, -0.2) is 48.6 Å². The standard InChI is InChI=1S/C17H25NO3/c1-13(19)17(18-8-10-20-11-9-18)21-16-7-6-14-4-2-3-5-15(14)12-16/h6-7,12-13,17,19H,2-5,8-11H2,1H3. The van der Waals surface area contributed by atoms with E-state index < -0.39 is 6.10 Å². The summed E-state index contributed by atoms with van der Waals surface area (Å²) in [7, 11) is 0. The normalized spacial score (nSPS) is 22.4. The van der Waals surface area contributed by atoms with Crippen LogP contribution in [0.15, 0.2) is 18.2 Å². The lowest BCUT2D eigenvalue weighted by Crippen LogP contribution is -2.51. The van der Waals surface area contributed by atoms with E-state index >= 15 is 0 Å². The molecule has 1 fully saturated rings. The third-order valence-electron chi connectivity index (χ3n) is 4.40. The number of hydrogen-bond acceptors (Lipinski definition) is 4. The fraction of sp³-hybridized carbons (Fsp3) is 0.647. The van der Waals surface area contributed by atoms with E-state index in [0.29, 0.717) is 13.2 Å². The highest BCUT2D eigenvalue weighted by Crippen LogP contribution is 2.26. The van der Waals surface area contributed by atoms with E-state index in [0.717, 1.165) is 25.3 Å². The van der Waals surface area contributed by atoms with Crippen LogP contribution in [0, 0.1) is 0 Å². The lowest BCUT2D eigenvalue weighted by Gasteiger charge is -2.36. The molecular weight excluding hydrogens is 266 g/mol. The van der Waals surface area contributed by atoms with Crippen molar-refractivity contribution in [2.45, 2.75) is 44.9 Å². The summed E-state index contributed by atoms with van der Waals surface area (Å²) < 4.78 is 11.5. The van der Waals surface area contributed by atoms with Gasteiger partial charge in [-0.2, -0.15) is 0 Å². The van der Waals surface area contributed by atoms with Gasteiger partial charge in [0.15, 0.2) is 6.23 Å². The average molecular weight is 291 g/mol. The van der Waals surface area contributed by atoms with Gasteiger partial charge >= 0.3 is 0 Å². The van der Waals surface area contributed by atoms with Gasteiger partial charge in [0.2, 0.25) is 0 Å². The molecule has 0 radical (unpaired) electrons. The van der Waals surface area contributed by atoms with Crippen molar-refractivity contribution in [2.24, 2.45) is 0 Å². The third-order valence-corrected chi connectivity index (χ3v) is 4.40. The molecule has 1 aliphatic heterocycles. The first kappa shape index (κ1) is 14.8. The molecule has 2 aliphatic rings. The fourth-order valence-electron chi connectivity index (χ4n) is 3.23. The van der Waals surface area contributed by atoms with Gasteiger partial charge in [0, 0.05) is 13.1 Å². The smallest absolute Gasteiger partial charge is 0.178 e. The molecule has 0 bridgehead atoms. The third kappa shape index (κ3) is 3.57. The zero-order chi connectivity index (χ0) is 14.7. The number of hydrogen-bond donors (Lipinski definition) is 1. The SMILES string of the molecule is CC(O)C(Oc1ccc2c(c1)CCCC2)N1CCOCC1. The maximum absolute atomic E-state index is 10.1. The summed E-state index contributed by atoms with van der Waals surface area (Å²) in [4.78, 5) is 2.16. The van der Waals surface area contributed by atoms with Crippen LogP contribution in [-0.2, 0) is 17.6 Å². The van der Waals surface area contributed by atoms with Gasteiger partial charge in [0.05, 0.1) is 13.2 Å². The van der Waals surface area contributed by atoms with Gasteiger partial charge in [-0.1, -0.05) is 6.07 Å². The number of ether oxygens (including phenoxy) is 2. The van der Waals surface area contributed by atoms with E-state index in [9.17, 15) is 5.11 Å². The molecule has 3 rings (SSSR count). The number of fused-ring (bicyclic) bond motifs is 1. The zero-order valence-corrected chi connectivity index (χ0v) is 12.8. The largest absolute Gasteiger partial charge is 0.472 e. The van der Waals surface area contributed by atoms with E-state index in [-0.39, 0.29) is 6.23 Å². The van der Waals surface area contributed by atoms with Crippen LogP contribution < -0.4 is 4.74 Å². The van der Waals surface area contributed by atoms with E-state index in [1.807, 2.05) is 6.07 Å². The Morgan fingerprint density at radius 3 is 2.57 bits per heavy atom. The van der Waals surface area contributed by atoms with Gasteiger partial charge in [-0.25, -0.2) is 0 Å². The lowest BCUT2D eigenvalue weighted by molar-refractivity contribution is -0.0941. The molecule has 1 aromatic rings. The van der Waals surface area contributed by atoms with Crippen molar-refractivity contribution in [1.82, 2.24) is 4.90 Å². The average Bonchev–Trinajstić information content (AvgIpc) is 2.53. The van der Waals surface area contributed by atoms with E-state index in [4.69, 9.17) is 9.47 Å². The van der Waals surface area contributed by atoms with Gasteiger partial charge in [-0.3, -0.25) is 4.90 Å². The summed E-state index contributed by atoms with van der Waals surface area (Å²) in [6, 6.07) is 6.38. The Morgan fingerprint density at radius 2 is 1.86 bits per heavy atom. The monoisotopic (exact) mass is 291 g/mol. The number of rotatable bonds is 4. The Morgan fingerprint density at radius 1 is 1.14 bits per heavy atom. The molecule has 0 spiro atoms. The molecule has 0 saturated carbocycles. The van der Waals surface area contributed by atoms with Crippen LogP contribution in [0.5, 0.6) is 5.75 Å². The zero-order valence-electron chi connectivity index (χ0n) is 12.8. The Balaban J connectivity index is 1.73. The molecule has 0 amide bonds. The van der Waals surface area contributed by atoms with Crippen molar-refractivity contribution >= 4 is 0 Å². The summed E-state index contributed by atoms with van der Waals surface area (Å²) in [6.07, 6.45) is 4.05. The molecule has 0 aromatic heterocycles. The van der Waals surface area contributed by atoms with Crippen molar-refractivity contribution in [2.75, 3.05) is 26.3 Å². The molecule has 2 atom stereocenters. The van der Waals surface area contributed by atoms with Crippen LogP contribution >= 0.6 is 0 Å². The molecular formula is C17H25NO3. The minimum atomic E-state index is -0.529.